The van der Waals surface area contributed by atoms with E-state index < -0.39 is 0 Å². The van der Waals surface area contributed by atoms with Gasteiger partial charge in [0.05, 0.1) is 44.5 Å². The Bertz CT molecular complexity index is 4680. The third-order valence-electron chi connectivity index (χ3n) is 15.4. The maximum atomic E-state index is 6.32. The van der Waals surface area contributed by atoms with Crippen LogP contribution in [0.15, 0.2) is 253 Å². The largest absolute Gasteiger partial charge is 0.456 e. The Balaban J connectivity index is 0.901. The molecule has 4 nitrogen and oxygen atoms in total. The Morgan fingerprint density at radius 3 is 1.11 bits per heavy atom. The van der Waals surface area contributed by atoms with Crippen LogP contribution in [0.1, 0.15) is 0 Å². The van der Waals surface area contributed by atoms with Crippen LogP contribution in [-0.4, -0.2) is 13.7 Å². The maximum Gasteiger partial charge on any atom is 0.135 e. The minimum Gasteiger partial charge on any atom is -0.456 e. The van der Waals surface area contributed by atoms with E-state index in [9.17, 15) is 0 Å². The highest BCUT2D eigenvalue weighted by atomic mass is 16.3. The highest BCUT2D eigenvalue weighted by Crippen LogP contribution is 2.43. The van der Waals surface area contributed by atoms with E-state index in [1.165, 1.54) is 110 Å². The van der Waals surface area contributed by atoms with Crippen LogP contribution in [0.5, 0.6) is 0 Å². The van der Waals surface area contributed by atoms with E-state index in [1.807, 2.05) is 6.07 Å². The van der Waals surface area contributed by atoms with Crippen molar-refractivity contribution in [2.24, 2.45) is 0 Å². The molecule has 0 saturated carbocycles. The Morgan fingerprint density at radius 2 is 0.597 bits per heavy atom. The van der Waals surface area contributed by atoms with Crippen molar-refractivity contribution in [3.63, 3.8) is 0 Å². The molecule has 72 heavy (non-hydrogen) atoms. The molecule has 16 aromatic rings. The number of rotatable bonds is 5. The molecule has 0 spiro atoms. The van der Waals surface area contributed by atoms with Gasteiger partial charge >= 0.3 is 0 Å². The molecule has 0 fully saturated rings. The van der Waals surface area contributed by atoms with E-state index in [2.05, 4.69) is 256 Å². The molecule has 4 heterocycles. The topological polar surface area (TPSA) is 27.9 Å². The molecule has 0 radical (unpaired) electrons. The van der Waals surface area contributed by atoms with E-state index in [1.54, 1.807) is 0 Å². The lowest BCUT2D eigenvalue weighted by Crippen LogP contribution is -1.95. The van der Waals surface area contributed by atoms with E-state index in [0.29, 0.717) is 0 Å². The van der Waals surface area contributed by atoms with Crippen molar-refractivity contribution < 1.29 is 4.42 Å². The molecule has 0 N–H and O–H groups in total. The summed E-state index contributed by atoms with van der Waals surface area (Å²) in [5.74, 6) is 0. The van der Waals surface area contributed by atoms with E-state index in [0.717, 1.165) is 38.7 Å². The molecule has 0 aliphatic rings. The van der Waals surface area contributed by atoms with Gasteiger partial charge in [0.1, 0.15) is 11.2 Å². The van der Waals surface area contributed by atoms with Gasteiger partial charge in [-0.1, -0.05) is 152 Å². The summed E-state index contributed by atoms with van der Waals surface area (Å²) >= 11 is 0. The lowest BCUT2D eigenvalue weighted by molar-refractivity contribution is 0.669. The average Bonchev–Trinajstić information content (AvgIpc) is 4.18. The number of hydrogen-bond acceptors (Lipinski definition) is 1. The van der Waals surface area contributed by atoms with Crippen LogP contribution in [0.2, 0.25) is 0 Å². The number of furan rings is 1. The second-order valence-corrected chi connectivity index (χ2v) is 19.2. The zero-order valence-corrected chi connectivity index (χ0v) is 38.9. The molecule has 0 aliphatic carbocycles. The van der Waals surface area contributed by atoms with Gasteiger partial charge < -0.3 is 18.1 Å². The first-order valence-corrected chi connectivity index (χ1v) is 24.7. The van der Waals surface area contributed by atoms with Gasteiger partial charge in [0.25, 0.3) is 0 Å². The van der Waals surface area contributed by atoms with Crippen LogP contribution in [0.3, 0.4) is 0 Å². The van der Waals surface area contributed by atoms with Crippen molar-refractivity contribution in [1.82, 2.24) is 13.7 Å². The molecule has 0 amide bonds. The van der Waals surface area contributed by atoms with Gasteiger partial charge in [0.15, 0.2) is 0 Å². The second-order valence-electron chi connectivity index (χ2n) is 19.2. The standard InChI is InChI=1S/C68H41N3O/c1-3-17-49-42(13-1)15-11-24-59(49)70-61-22-8-5-19-51(61)54-37-44(29-34-65(54)70)46-27-32-63-56(39-46)57-40-47(28-33-64(57)69(63)48-31-36-68-58(41-48)53-21-7-10-26-67(53)72-68)45-30-35-66-55(38-45)52-20-6-9-23-62(52)71(66)60-25-12-16-43-14-2-4-18-50(43)60/h1-41H. The molecule has 4 heteroatoms. The number of benzene rings is 12. The van der Waals surface area contributed by atoms with Gasteiger partial charge in [-0.3, -0.25) is 0 Å². The molecule has 16 rings (SSSR count). The summed E-state index contributed by atoms with van der Waals surface area (Å²) in [6.45, 7) is 0. The summed E-state index contributed by atoms with van der Waals surface area (Å²) < 4.78 is 13.6. The molecule has 334 valence electrons. The zero-order valence-electron chi connectivity index (χ0n) is 38.9. The van der Waals surface area contributed by atoms with Crippen LogP contribution < -0.4 is 0 Å². The van der Waals surface area contributed by atoms with Crippen molar-refractivity contribution in [3.05, 3.63) is 249 Å². The Hall–Kier alpha value is -9.64. The number of nitrogens with zero attached hydrogens (tertiary/aromatic N) is 3. The van der Waals surface area contributed by atoms with Gasteiger partial charge in [0, 0.05) is 59.5 Å². The van der Waals surface area contributed by atoms with Crippen LogP contribution in [0.25, 0.3) is 148 Å². The monoisotopic (exact) mass is 915 g/mol. The number of fused-ring (bicyclic) bond motifs is 14. The van der Waals surface area contributed by atoms with Crippen LogP contribution in [0.4, 0.5) is 0 Å². The molecule has 0 atom stereocenters. The Kier molecular flexibility index (Phi) is 8.14. The molecule has 12 aromatic carbocycles. The molecular formula is C68H41N3O. The first-order chi connectivity index (χ1) is 35.7. The third-order valence-corrected chi connectivity index (χ3v) is 15.4. The van der Waals surface area contributed by atoms with Crippen molar-refractivity contribution in [1.29, 1.82) is 0 Å². The van der Waals surface area contributed by atoms with Gasteiger partial charge in [-0.15, -0.1) is 0 Å². The maximum absolute atomic E-state index is 6.32. The van der Waals surface area contributed by atoms with Crippen LogP contribution in [-0.2, 0) is 0 Å². The van der Waals surface area contributed by atoms with E-state index >= 15 is 0 Å². The molecule has 0 aliphatic heterocycles. The quantitative estimate of drug-likeness (QED) is 0.169. The highest BCUT2D eigenvalue weighted by molar-refractivity contribution is 6.16. The van der Waals surface area contributed by atoms with Gasteiger partial charge in [0.2, 0.25) is 0 Å². The molecular weight excluding hydrogens is 875 g/mol. The summed E-state index contributed by atoms with van der Waals surface area (Å²) in [6.07, 6.45) is 0. The van der Waals surface area contributed by atoms with Gasteiger partial charge in [-0.05, 0) is 130 Å². The first-order valence-electron chi connectivity index (χ1n) is 24.7. The summed E-state index contributed by atoms with van der Waals surface area (Å²) in [4.78, 5) is 0. The van der Waals surface area contributed by atoms with Crippen molar-refractivity contribution >= 4 is 109 Å². The smallest absolute Gasteiger partial charge is 0.135 e. The van der Waals surface area contributed by atoms with Crippen molar-refractivity contribution in [3.8, 4) is 39.3 Å². The fourth-order valence-corrected chi connectivity index (χ4v) is 12.1. The van der Waals surface area contributed by atoms with Gasteiger partial charge in [-0.2, -0.15) is 0 Å². The first kappa shape index (κ1) is 39.2. The lowest BCUT2D eigenvalue weighted by atomic mass is 9.98. The Labute approximate surface area is 413 Å². The minimum atomic E-state index is 0.889. The fourth-order valence-electron chi connectivity index (χ4n) is 12.1. The normalized spacial score (nSPS) is 12.2. The van der Waals surface area contributed by atoms with Gasteiger partial charge in [-0.25, -0.2) is 0 Å². The van der Waals surface area contributed by atoms with E-state index in [-0.39, 0.29) is 0 Å². The SMILES string of the molecule is c1ccc2c(-n3c4ccccc4c4cc(-c5ccc6c(c5)c5cc(-c7ccc8c(c7)c7ccccc7n8-c7cccc8ccccc78)ccc5n6-c5ccc6oc7ccccc7c6c5)ccc43)cccc2c1. The zero-order chi connectivity index (χ0) is 47.0. The second kappa shape index (κ2) is 14.9. The lowest BCUT2D eigenvalue weighted by Gasteiger charge is -2.12. The average molecular weight is 916 g/mol. The number of para-hydroxylation sites is 3. The molecule has 0 saturated heterocycles. The van der Waals surface area contributed by atoms with E-state index in [4.69, 9.17) is 4.42 Å². The molecule has 4 aromatic heterocycles. The fraction of sp³-hybridized carbons (Fsp3) is 0. The highest BCUT2D eigenvalue weighted by Gasteiger charge is 2.20. The summed E-state index contributed by atoms with van der Waals surface area (Å²) in [6, 6.07) is 91.3. The number of aromatic nitrogens is 3. The van der Waals surface area contributed by atoms with Crippen LogP contribution >= 0.6 is 0 Å². The Morgan fingerprint density at radius 1 is 0.222 bits per heavy atom. The minimum absolute atomic E-state index is 0.889. The predicted octanol–water partition coefficient (Wildman–Crippen LogP) is 18.5. The summed E-state index contributed by atoms with van der Waals surface area (Å²) in [5.41, 5.74) is 17.1. The van der Waals surface area contributed by atoms with Crippen molar-refractivity contribution in [2.45, 2.75) is 0 Å². The molecule has 0 bridgehead atoms. The number of hydrogen-bond donors (Lipinski definition) is 0. The van der Waals surface area contributed by atoms with Crippen molar-refractivity contribution in [2.75, 3.05) is 0 Å². The summed E-state index contributed by atoms with van der Waals surface area (Å²) in [5, 5.41) is 14.5. The van der Waals surface area contributed by atoms with Crippen LogP contribution in [0, 0.1) is 0 Å². The predicted molar refractivity (Wildman–Crippen MR) is 303 cm³/mol. The third kappa shape index (κ3) is 5.63. The molecule has 0 unspecified atom stereocenters. The summed E-state index contributed by atoms with van der Waals surface area (Å²) in [7, 11) is 0.